The molecule has 1 aromatic heterocycles. The number of hydrogen-bond donors (Lipinski definition) is 7. The third-order valence-corrected chi connectivity index (χ3v) is 14.6. The van der Waals surface area contributed by atoms with Gasteiger partial charge in [0.25, 0.3) is 15.6 Å². The van der Waals surface area contributed by atoms with E-state index in [0.717, 1.165) is 22.7 Å². The standard InChI is InChI=1S/C18H26N3O15P3.4C6H15N/c22-15-13(11-33-38(28,29)36-39(30,31)35-37(25,26)27)34-17(16(15)23)21-9-8-14(19-18(21)24)20-32-10-4-7-12-5-2-1-3-6-12;4*1-4-7(5-2)6-3/h1-3,5-6,8-9,13,15-17,22-23H,4,7,10-11H2,(H,28,29)(H,30,31)(H,19,20,24)(H2,25,26,27);4*4-6H2,1-3H3/t13-,15-,16-,17-;;;;/m1..../s1. The van der Waals surface area contributed by atoms with Crippen molar-refractivity contribution in [2.75, 3.05) is 97.2 Å². The number of nitrogens with zero attached hydrogens (tertiary/aromatic N) is 2. The highest BCUT2D eigenvalue weighted by Crippen LogP contribution is 2.60. The van der Waals surface area contributed by atoms with Crippen molar-refractivity contribution in [3.05, 3.63) is 58.6 Å². The largest absolute Gasteiger partial charge is 0.790 e. The van der Waals surface area contributed by atoms with Crippen molar-refractivity contribution < 1.29 is 85.8 Å². The molecule has 1 aliphatic rings. The second-order valence-electron chi connectivity index (χ2n) is 15.1. The van der Waals surface area contributed by atoms with Crippen molar-refractivity contribution in [1.82, 2.24) is 9.55 Å². The summed E-state index contributed by atoms with van der Waals surface area (Å²) in [5, 5.41) is 20.4. The molecule has 0 saturated carbocycles. The minimum absolute atomic E-state index is 0.0262. The van der Waals surface area contributed by atoms with E-state index in [2.05, 4.69) is 107 Å². The maximum atomic E-state index is 12.4. The predicted molar refractivity (Wildman–Crippen MR) is 250 cm³/mol. The number of aliphatic hydroxyl groups is 2. The molecule has 0 amide bonds. The Labute approximate surface area is 400 Å². The highest BCUT2D eigenvalue weighted by molar-refractivity contribution is 7.64. The number of ether oxygens (including phenoxy) is 1. The molecule has 6 atom stereocenters. The number of phosphoric ester groups is 1. The number of hydrogen-bond acceptors (Lipinski definition) is 17. The van der Waals surface area contributed by atoms with E-state index in [4.69, 9.17) is 9.57 Å². The topological polar surface area (TPSA) is 295 Å². The van der Waals surface area contributed by atoms with Crippen LogP contribution in [-0.2, 0) is 42.8 Å². The highest BCUT2D eigenvalue weighted by Gasteiger charge is 2.45. The Hall–Kier alpha value is -2.01. The molecule has 0 aliphatic carbocycles. The number of phosphoric acid groups is 3. The van der Waals surface area contributed by atoms with E-state index in [1.807, 2.05) is 30.3 Å². The number of benzene rings is 1. The molecule has 1 saturated heterocycles. The lowest BCUT2D eigenvalue weighted by atomic mass is 10.1. The lowest BCUT2D eigenvalue weighted by Crippen LogP contribution is -3.11. The van der Waals surface area contributed by atoms with Gasteiger partial charge in [0.1, 0.15) is 18.3 Å². The first kappa shape index (κ1) is 67.1. The van der Waals surface area contributed by atoms with Crippen molar-refractivity contribution in [2.24, 2.45) is 0 Å². The average molecular weight is 1020 g/mol. The van der Waals surface area contributed by atoms with Gasteiger partial charge in [-0.3, -0.25) is 22.8 Å². The number of aliphatic hydroxyl groups excluding tert-OH is 2. The summed E-state index contributed by atoms with van der Waals surface area (Å²) in [7, 11) is -18.2. The fourth-order valence-corrected chi connectivity index (χ4v) is 9.19. The summed E-state index contributed by atoms with van der Waals surface area (Å²) in [6.07, 6.45) is -4.26. The molecule has 67 heavy (non-hydrogen) atoms. The number of aromatic nitrogens is 2. The van der Waals surface area contributed by atoms with Crippen molar-refractivity contribution >= 4 is 29.3 Å². The second-order valence-corrected chi connectivity index (χ2v) is 19.4. The molecule has 394 valence electrons. The first-order valence-corrected chi connectivity index (χ1v) is 28.0. The van der Waals surface area contributed by atoms with Crippen LogP contribution in [-0.4, -0.2) is 130 Å². The summed E-state index contributed by atoms with van der Waals surface area (Å²) in [6.45, 7) is 41.1. The number of rotatable bonds is 26. The van der Waals surface area contributed by atoms with Gasteiger partial charge in [-0.1, -0.05) is 30.3 Å². The Morgan fingerprint density at radius 3 is 1.46 bits per heavy atom. The van der Waals surface area contributed by atoms with Crippen LogP contribution in [0.4, 0.5) is 5.82 Å². The highest BCUT2D eigenvalue weighted by atomic mass is 31.3. The van der Waals surface area contributed by atoms with Crippen LogP contribution in [0.5, 0.6) is 0 Å². The Balaban J connectivity index is 0. The summed E-state index contributed by atoms with van der Waals surface area (Å²) >= 11 is 0. The van der Waals surface area contributed by atoms with E-state index in [0.29, 0.717) is 13.0 Å². The molecule has 1 fully saturated rings. The van der Waals surface area contributed by atoms with Gasteiger partial charge in [0.05, 0.1) is 99.6 Å². The zero-order valence-corrected chi connectivity index (χ0v) is 44.8. The van der Waals surface area contributed by atoms with Crippen LogP contribution in [0.2, 0.25) is 0 Å². The van der Waals surface area contributed by atoms with Gasteiger partial charge in [0, 0.05) is 6.20 Å². The molecule has 3 rings (SSSR count). The van der Waals surface area contributed by atoms with E-state index in [9.17, 15) is 48.3 Å². The van der Waals surface area contributed by atoms with Gasteiger partial charge in [-0.2, -0.15) is 4.98 Å². The number of aryl methyl sites for hydroxylation is 1. The Bertz CT molecular complexity index is 1650. The van der Waals surface area contributed by atoms with Crippen molar-refractivity contribution in [3.63, 3.8) is 0 Å². The minimum atomic E-state index is -6.18. The molecule has 0 radical (unpaired) electrons. The molecule has 0 spiro atoms. The van der Waals surface area contributed by atoms with E-state index in [1.165, 1.54) is 84.6 Å². The molecule has 1 aliphatic heterocycles. The molecule has 7 N–H and O–H groups in total. The first-order chi connectivity index (χ1) is 31.5. The van der Waals surface area contributed by atoms with Gasteiger partial charge < -0.3 is 63.2 Å². The fraction of sp³-hybridized carbons (Fsp3) is 0.762. The van der Waals surface area contributed by atoms with Crippen molar-refractivity contribution in [1.29, 1.82) is 0 Å². The molecule has 2 unspecified atom stereocenters. The van der Waals surface area contributed by atoms with E-state index in [1.54, 1.807) is 19.6 Å². The summed E-state index contributed by atoms with van der Waals surface area (Å²) in [4.78, 5) is 71.8. The lowest BCUT2D eigenvalue weighted by Gasteiger charge is -2.37. The molecular weight excluding hydrogens is 935 g/mol. The summed E-state index contributed by atoms with van der Waals surface area (Å²) in [6, 6.07) is 11.0. The summed E-state index contributed by atoms with van der Waals surface area (Å²) < 4.78 is 50.0. The monoisotopic (exact) mass is 1020 g/mol. The first-order valence-electron chi connectivity index (χ1n) is 23.6. The zero-order valence-electron chi connectivity index (χ0n) is 42.1. The molecule has 2 aromatic rings. The van der Waals surface area contributed by atoms with Crippen LogP contribution in [0.1, 0.15) is 101 Å². The van der Waals surface area contributed by atoms with Gasteiger partial charge in [0.15, 0.2) is 12.0 Å². The van der Waals surface area contributed by atoms with Crippen LogP contribution in [0, 0.1) is 0 Å². The second kappa shape index (κ2) is 37.8. The van der Waals surface area contributed by atoms with Crippen LogP contribution < -0.4 is 50.3 Å². The third kappa shape index (κ3) is 31.1. The van der Waals surface area contributed by atoms with E-state index < -0.39 is 60.3 Å². The fourth-order valence-electron chi connectivity index (χ4n) is 6.33. The normalized spacial score (nSPS) is 18.7. The maximum absolute atomic E-state index is 12.4. The lowest BCUT2D eigenvalue weighted by molar-refractivity contribution is -0.894. The molecule has 25 heteroatoms. The third-order valence-electron chi connectivity index (χ3n) is 11.0. The van der Waals surface area contributed by atoms with Crippen LogP contribution >= 0.6 is 23.5 Å². The van der Waals surface area contributed by atoms with Crippen LogP contribution in [0.3, 0.4) is 0 Å². The molecular formula is C42H86N7O15P3. The van der Waals surface area contributed by atoms with Gasteiger partial charge in [0.2, 0.25) is 0 Å². The van der Waals surface area contributed by atoms with Gasteiger partial charge >= 0.3 is 5.69 Å². The zero-order chi connectivity index (χ0) is 51.6. The minimum Gasteiger partial charge on any atom is -0.790 e. The smallest absolute Gasteiger partial charge is 0.351 e. The number of anilines is 1. The van der Waals surface area contributed by atoms with Crippen molar-refractivity contribution in [3.8, 4) is 0 Å². The number of nitrogens with one attached hydrogen (secondary N) is 5. The average Bonchev–Trinajstić information content (AvgIpc) is 3.57. The Morgan fingerprint density at radius 1 is 0.657 bits per heavy atom. The summed E-state index contributed by atoms with van der Waals surface area (Å²) in [5.41, 5.74) is 2.67. The Kier molecular flexibility index (Phi) is 37.8. The van der Waals surface area contributed by atoms with Crippen LogP contribution in [0.25, 0.3) is 0 Å². The maximum Gasteiger partial charge on any atom is 0.351 e. The SMILES string of the molecule is CC[NH+](CC)CC.CC[NH+](CC)CC.CC[NH+](CC)CC.CC[NH+](CC)CC.O=c1nc(NOCCCc2ccccc2)ccn1[C@@H]1O[C@H](COP(=O)([O-])OP(=O)([O-])OP(=O)([O-])[O-])[C@@H](O)[C@H]1O. The van der Waals surface area contributed by atoms with E-state index in [-0.39, 0.29) is 5.82 Å². The quantitative estimate of drug-likeness (QED) is 0.0288. The predicted octanol–water partition coefficient (Wildman–Crippen LogP) is -2.62. The number of quaternary nitrogens is 4. The van der Waals surface area contributed by atoms with Crippen LogP contribution in [0.15, 0.2) is 47.4 Å². The van der Waals surface area contributed by atoms with Gasteiger partial charge in [-0.05, 0) is 108 Å². The van der Waals surface area contributed by atoms with Gasteiger partial charge in [-0.25, -0.2) is 14.6 Å². The van der Waals surface area contributed by atoms with Gasteiger partial charge in [-0.15, -0.1) is 0 Å². The molecule has 1 aromatic carbocycles. The Morgan fingerprint density at radius 2 is 1.09 bits per heavy atom. The van der Waals surface area contributed by atoms with Crippen molar-refractivity contribution in [2.45, 2.75) is 120 Å². The van der Waals surface area contributed by atoms with E-state index >= 15 is 0 Å². The summed E-state index contributed by atoms with van der Waals surface area (Å²) in [5.74, 6) is 0.0262. The molecule has 2 heterocycles. The molecule has 22 nitrogen and oxygen atoms in total. The molecule has 0 bridgehead atoms.